The number of carboxylic acids is 1. The highest BCUT2D eigenvalue weighted by molar-refractivity contribution is 6.41. The third kappa shape index (κ3) is 1.98. The lowest BCUT2D eigenvalue weighted by Crippen LogP contribution is -2.37. The van der Waals surface area contributed by atoms with Gasteiger partial charge in [-0.3, -0.25) is 4.79 Å². The summed E-state index contributed by atoms with van der Waals surface area (Å²) in [5.41, 5.74) is 0. The molecule has 0 aromatic heterocycles. The van der Waals surface area contributed by atoms with E-state index in [1.54, 1.807) is 7.05 Å². The van der Waals surface area contributed by atoms with Gasteiger partial charge in [-0.1, -0.05) is 6.82 Å². The van der Waals surface area contributed by atoms with Crippen LogP contribution >= 0.6 is 0 Å². The molecule has 0 aromatic rings. The van der Waals surface area contributed by atoms with Gasteiger partial charge in [-0.25, -0.2) is 0 Å². The van der Waals surface area contributed by atoms with Crippen LogP contribution in [-0.4, -0.2) is 31.3 Å². The van der Waals surface area contributed by atoms with Gasteiger partial charge in [0.25, 0.3) is 0 Å². The van der Waals surface area contributed by atoms with Crippen LogP contribution in [0.1, 0.15) is 0 Å². The van der Waals surface area contributed by atoms with Crippen LogP contribution in [0.4, 0.5) is 0 Å². The van der Waals surface area contributed by atoms with Crippen LogP contribution in [0.25, 0.3) is 0 Å². The molecule has 2 N–H and O–H groups in total. The normalized spacial score (nSPS) is 12.8. The summed E-state index contributed by atoms with van der Waals surface area (Å²) in [4.78, 5) is 10.1. The molecule has 0 bridgehead atoms. The molecule has 0 spiro atoms. The van der Waals surface area contributed by atoms with E-state index in [4.69, 9.17) is 5.11 Å². The first kappa shape index (κ1) is 7.49. The average molecular weight is 115 g/mol. The van der Waals surface area contributed by atoms with Crippen LogP contribution in [0, 0.1) is 0 Å². The van der Waals surface area contributed by atoms with Crippen molar-refractivity contribution in [2.45, 2.75) is 12.8 Å². The molecule has 8 heavy (non-hydrogen) atoms. The summed E-state index contributed by atoms with van der Waals surface area (Å²) in [5.74, 6) is -1.16. The van der Waals surface area contributed by atoms with Crippen molar-refractivity contribution in [3.05, 3.63) is 0 Å². The molecule has 0 aliphatic rings. The molecule has 0 fully saturated rings. The van der Waals surface area contributed by atoms with Gasteiger partial charge in [-0.2, -0.15) is 0 Å². The number of carbonyl (C=O) groups is 1. The minimum absolute atomic E-state index is 0.380. The zero-order valence-corrected chi connectivity index (χ0v) is 5.14. The molecule has 0 rings (SSSR count). The molecular weight excluding hydrogens is 105 g/mol. The minimum atomic E-state index is -0.782. The smallest absolute Gasteiger partial charge is 0.312 e. The summed E-state index contributed by atoms with van der Waals surface area (Å²) in [6, 6.07) is 0. The lowest BCUT2D eigenvalue weighted by Gasteiger charge is -2.04. The standard InChI is InChI=1S/C4H10BNO2/c1-5-3(6-2)4(7)8/h3,5-6H,1-2H3,(H,7,8)/t3-/m1/s1. The third-order valence-electron chi connectivity index (χ3n) is 1.05. The predicted molar refractivity (Wildman–Crippen MR) is 33.5 cm³/mol. The molecule has 0 aromatic carbocycles. The number of hydrogen-bond acceptors (Lipinski definition) is 2. The van der Waals surface area contributed by atoms with Gasteiger partial charge in [0.05, 0.1) is 5.94 Å². The number of aliphatic carboxylic acids is 1. The first-order valence-corrected chi connectivity index (χ1v) is 2.62. The minimum Gasteiger partial charge on any atom is -0.481 e. The topological polar surface area (TPSA) is 49.3 Å². The predicted octanol–water partition coefficient (Wildman–Crippen LogP) is -0.899. The second-order valence-electron chi connectivity index (χ2n) is 1.59. The monoisotopic (exact) mass is 115 g/mol. The molecule has 0 aliphatic carbocycles. The van der Waals surface area contributed by atoms with Gasteiger partial charge in [0.15, 0.2) is 7.28 Å². The number of nitrogens with one attached hydrogen (secondary N) is 1. The van der Waals surface area contributed by atoms with Crippen LogP contribution in [0.2, 0.25) is 6.82 Å². The van der Waals surface area contributed by atoms with Crippen molar-refractivity contribution in [2.75, 3.05) is 7.05 Å². The van der Waals surface area contributed by atoms with E-state index in [1.807, 2.05) is 6.82 Å². The van der Waals surface area contributed by atoms with Crippen molar-refractivity contribution in [1.82, 2.24) is 5.32 Å². The Kier molecular flexibility index (Phi) is 3.27. The highest BCUT2D eigenvalue weighted by Crippen LogP contribution is 1.76. The van der Waals surface area contributed by atoms with Crippen molar-refractivity contribution in [3.8, 4) is 0 Å². The van der Waals surface area contributed by atoms with Gasteiger partial charge in [0.1, 0.15) is 0 Å². The molecule has 0 heterocycles. The van der Waals surface area contributed by atoms with Gasteiger partial charge in [-0.15, -0.1) is 0 Å². The van der Waals surface area contributed by atoms with Crippen molar-refractivity contribution in [3.63, 3.8) is 0 Å². The summed E-state index contributed by atoms with van der Waals surface area (Å²) in [6.07, 6.45) is 0. The molecule has 0 radical (unpaired) electrons. The molecule has 1 atom stereocenters. The van der Waals surface area contributed by atoms with Crippen LogP contribution in [0.15, 0.2) is 0 Å². The molecule has 0 unspecified atom stereocenters. The maximum Gasteiger partial charge on any atom is 0.312 e. The number of rotatable bonds is 3. The van der Waals surface area contributed by atoms with Crippen LogP contribution in [-0.2, 0) is 4.79 Å². The average Bonchev–Trinajstić information content (AvgIpc) is 1.69. The highest BCUT2D eigenvalue weighted by Gasteiger charge is 2.10. The summed E-state index contributed by atoms with van der Waals surface area (Å²) in [5, 5.41) is 11.0. The molecular formula is C4H10BNO2. The Bertz CT molecular complexity index is 82.1. The van der Waals surface area contributed by atoms with E-state index in [0.717, 1.165) is 0 Å². The Labute approximate surface area is 49.3 Å². The van der Waals surface area contributed by atoms with Gasteiger partial charge in [0.2, 0.25) is 0 Å². The van der Waals surface area contributed by atoms with Crippen molar-refractivity contribution in [2.24, 2.45) is 0 Å². The zero-order valence-electron chi connectivity index (χ0n) is 5.14. The highest BCUT2D eigenvalue weighted by atomic mass is 16.4. The molecule has 0 saturated heterocycles. The van der Waals surface area contributed by atoms with E-state index in [0.29, 0.717) is 7.28 Å². The number of likely N-dealkylation sites (N-methyl/N-ethyl adjacent to an activating group) is 1. The van der Waals surface area contributed by atoms with E-state index in [9.17, 15) is 4.79 Å². The number of hydrogen-bond donors (Lipinski definition) is 2. The van der Waals surface area contributed by atoms with Gasteiger partial charge < -0.3 is 10.4 Å². The maximum atomic E-state index is 10.1. The molecule has 0 amide bonds. The van der Waals surface area contributed by atoms with Crippen LogP contribution in [0.3, 0.4) is 0 Å². The molecule has 0 saturated carbocycles. The van der Waals surface area contributed by atoms with Crippen LogP contribution in [0.5, 0.6) is 0 Å². The van der Waals surface area contributed by atoms with E-state index >= 15 is 0 Å². The summed E-state index contributed by atoms with van der Waals surface area (Å²) in [7, 11) is 2.27. The van der Waals surface area contributed by atoms with E-state index in [2.05, 4.69) is 5.32 Å². The van der Waals surface area contributed by atoms with Gasteiger partial charge >= 0.3 is 5.97 Å². The first-order chi connectivity index (χ1) is 3.72. The van der Waals surface area contributed by atoms with E-state index in [-0.39, 0.29) is 5.94 Å². The maximum absolute atomic E-state index is 10.1. The Morgan fingerprint density at radius 2 is 2.38 bits per heavy atom. The molecule has 46 valence electrons. The number of carboxylic acid groups (broad SMARTS) is 1. The fraction of sp³-hybridized carbons (Fsp3) is 0.750. The van der Waals surface area contributed by atoms with Crippen molar-refractivity contribution >= 4 is 13.2 Å². The SMILES string of the molecule is CB[C@H](NC)C(=O)O. The zero-order chi connectivity index (χ0) is 6.57. The third-order valence-corrected chi connectivity index (χ3v) is 1.05. The largest absolute Gasteiger partial charge is 0.481 e. The Morgan fingerprint density at radius 1 is 1.88 bits per heavy atom. The molecule has 4 heteroatoms. The summed E-state index contributed by atoms with van der Waals surface area (Å²) < 4.78 is 0. The second kappa shape index (κ2) is 3.49. The lowest BCUT2D eigenvalue weighted by molar-refractivity contribution is -0.137. The van der Waals surface area contributed by atoms with Crippen molar-refractivity contribution in [1.29, 1.82) is 0 Å². The summed E-state index contributed by atoms with van der Waals surface area (Å²) in [6.45, 7) is 1.83. The van der Waals surface area contributed by atoms with Crippen LogP contribution < -0.4 is 5.32 Å². The van der Waals surface area contributed by atoms with E-state index in [1.165, 1.54) is 0 Å². The molecule has 0 aliphatic heterocycles. The van der Waals surface area contributed by atoms with E-state index < -0.39 is 5.97 Å². The second-order valence-corrected chi connectivity index (χ2v) is 1.59. The van der Waals surface area contributed by atoms with Gasteiger partial charge in [0, 0.05) is 0 Å². The van der Waals surface area contributed by atoms with Crippen molar-refractivity contribution < 1.29 is 9.90 Å². The Morgan fingerprint density at radius 3 is 2.38 bits per heavy atom. The first-order valence-electron chi connectivity index (χ1n) is 2.62. The quantitative estimate of drug-likeness (QED) is 0.468. The lowest BCUT2D eigenvalue weighted by atomic mass is 9.73. The fourth-order valence-electron chi connectivity index (χ4n) is 0.502. The Hall–Kier alpha value is -0.505. The molecule has 3 nitrogen and oxygen atoms in total. The Balaban J connectivity index is 3.52. The fourth-order valence-corrected chi connectivity index (χ4v) is 0.502. The summed E-state index contributed by atoms with van der Waals surface area (Å²) >= 11 is 0. The van der Waals surface area contributed by atoms with Gasteiger partial charge in [-0.05, 0) is 7.05 Å².